The van der Waals surface area contributed by atoms with E-state index in [-0.39, 0.29) is 5.91 Å². The number of carbonyl (C=O) groups excluding carboxylic acids is 1. The number of piperidine rings is 2. The molecule has 140 valence electrons. The first-order valence-electron chi connectivity index (χ1n) is 9.76. The van der Waals surface area contributed by atoms with Crippen molar-refractivity contribution in [2.45, 2.75) is 6.42 Å². The Morgan fingerprint density at radius 3 is 2.30 bits per heavy atom. The summed E-state index contributed by atoms with van der Waals surface area (Å²) >= 11 is 0. The van der Waals surface area contributed by atoms with Gasteiger partial charge in [-0.05, 0) is 48.1 Å². The summed E-state index contributed by atoms with van der Waals surface area (Å²) in [4.78, 5) is 17.4. The number of hydrogen-bond donors (Lipinski definition) is 1. The van der Waals surface area contributed by atoms with Crippen molar-refractivity contribution in [1.29, 1.82) is 0 Å². The van der Waals surface area contributed by atoms with Crippen LogP contribution in [0.5, 0.6) is 0 Å². The second-order valence-corrected chi connectivity index (χ2v) is 7.83. The summed E-state index contributed by atoms with van der Waals surface area (Å²) in [7, 11) is 0. The molecule has 0 saturated carbocycles. The molecule has 2 bridgehead atoms. The molecule has 4 heteroatoms. The number of nitrogens with two attached hydrogens (primary N) is 1. The largest absolute Gasteiger partial charge is 0.399 e. The van der Waals surface area contributed by atoms with Crippen molar-refractivity contribution in [2.75, 3.05) is 38.5 Å². The van der Waals surface area contributed by atoms with Gasteiger partial charge in [0.15, 0.2) is 0 Å². The Labute approximate surface area is 161 Å². The first-order valence-corrected chi connectivity index (χ1v) is 9.76. The van der Waals surface area contributed by atoms with Gasteiger partial charge in [-0.25, -0.2) is 0 Å². The van der Waals surface area contributed by atoms with Crippen LogP contribution in [0.1, 0.15) is 22.3 Å². The zero-order valence-electron chi connectivity index (χ0n) is 15.6. The number of anilines is 1. The molecule has 2 aromatic rings. The third-order valence-electron chi connectivity index (χ3n) is 5.57. The van der Waals surface area contributed by atoms with E-state index in [2.05, 4.69) is 41.3 Å². The van der Waals surface area contributed by atoms with E-state index in [1.807, 2.05) is 23.1 Å². The number of nitrogens with zero attached hydrogens (tertiary/aromatic N) is 2. The zero-order valence-corrected chi connectivity index (χ0v) is 15.6. The molecule has 27 heavy (non-hydrogen) atoms. The quantitative estimate of drug-likeness (QED) is 0.850. The fourth-order valence-corrected chi connectivity index (χ4v) is 4.41. The topological polar surface area (TPSA) is 49.6 Å². The Morgan fingerprint density at radius 1 is 0.963 bits per heavy atom. The van der Waals surface area contributed by atoms with Gasteiger partial charge in [0.25, 0.3) is 5.91 Å². The second kappa shape index (κ2) is 7.97. The van der Waals surface area contributed by atoms with Crippen LogP contribution < -0.4 is 5.73 Å². The lowest BCUT2D eigenvalue weighted by Crippen LogP contribution is -2.54. The van der Waals surface area contributed by atoms with Crippen molar-refractivity contribution < 1.29 is 4.79 Å². The molecule has 4 rings (SSSR count). The minimum absolute atomic E-state index is 0.141. The Hall–Kier alpha value is -2.59. The molecular formula is C23H27N3O. The number of rotatable bonds is 4. The lowest BCUT2D eigenvalue weighted by Gasteiger charge is -2.45. The summed E-state index contributed by atoms with van der Waals surface area (Å²) in [6.07, 6.45) is 5.69. The lowest BCUT2D eigenvalue weighted by molar-refractivity contribution is 0.0295. The van der Waals surface area contributed by atoms with E-state index in [1.54, 1.807) is 12.1 Å². The maximum absolute atomic E-state index is 12.8. The van der Waals surface area contributed by atoms with Gasteiger partial charge >= 0.3 is 0 Å². The average molecular weight is 361 g/mol. The van der Waals surface area contributed by atoms with Crippen molar-refractivity contribution in [3.63, 3.8) is 0 Å². The van der Waals surface area contributed by atoms with Gasteiger partial charge in [-0.1, -0.05) is 42.5 Å². The number of amides is 1. The maximum atomic E-state index is 12.8. The minimum Gasteiger partial charge on any atom is -0.399 e. The molecule has 2 fully saturated rings. The molecule has 0 spiro atoms. The van der Waals surface area contributed by atoms with Gasteiger partial charge in [0.05, 0.1) is 0 Å². The highest BCUT2D eigenvalue weighted by molar-refractivity contribution is 5.94. The van der Waals surface area contributed by atoms with E-state index >= 15 is 0 Å². The Bertz CT molecular complexity index is 786. The SMILES string of the molecule is Nc1ccc(C(=O)N2CC3CC(CN(CC=Cc4ccccc4)C3)C2)cc1. The van der Waals surface area contributed by atoms with Gasteiger partial charge < -0.3 is 10.6 Å². The molecule has 0 aromatic heterocycles. The van der Waals surface area contributed by atoms with Crippen LogP contribution in [0.4, 0.5) is 5.69 Å². The first kappa shape index (κ1) is 17.8. The molecule has 2 atom stereocenters. The summed E-state index contributed by atoms with van der Waals surface area (Å²) in [6, 6.07) is 17.7. The van der Waals surface area contributed by atoms with Crippen LogP contribution >= 0.6 is 0 Å². The van der Waals surface area contributed by atoms with Gasteiger partial charge in [-0.2, -0.15) is 0 Å². The van der Waals surface area contributed by atoms with Gasteiger partial charge in [-0.15, -0.1) is 0 Å². The zero-order chi connectivity index (χ0) is 18.6. The van der Waals surface area contributed by atoms with Crippen LogP contribution in [-0.2, 0) is 0 Å². The number of likely N-dealkylation sites (tertiary alicyclic amines) is 2. The summed E-state index contributed by atoms with van der Waals surface area (Å²) in [6.45, 7) is 4.84. The van der Waals surface area contributed by atoms with Crippen molar-refractivity contribution >= 4 is 17.7 Å². The lowest BCUT2D eigenvalue weighted by atomic mass is 9.84. The fraction of sp³-hybridized carbons (Fsp3) is 0.348. The molecule has 0 radical (unpaired) electrons. The molecule has 2 aliphatic rings. The molecule has 2 aliphatic heterocycles. The Balaban J connectivity index is 1.33. The fourth-order valence-electron chi connectivity index (χ4n) is 4.41. The molecular weight excluding hydrogens is 334 g/mol. The van der Waals surface area contributed by atoms with Crippen LogP contribution in [0.3, 0.4) is 0 Å². The summed E-state index contributed by atoms with van der Waals surface area (Å²) in [5.41, 5.74) is 8.42. The van der Waals surface area contributed by atoms with Crippen molar-refractivity contribution in [3.05, 3.63) is 71.8 Å². The highest BCUT2D eigenvalue weighted by Gasteiger charge is 2.35. The van der Waals surface area contributed by atoms with Crippen LogP contribution in [0, 0.1) is 11.8 Å². The normalized spacial score (nSPS) is 22.9. The van der Waals surface area contributed by atoms with E-state index in [9.17, 15) is 4.79 Å². The van der Waals surface area contributed by atoms with E-state index in [1.165, 1.54) is 12.0 Å². The number of carbonyl (C=O) groups is 1. The monoisotopic (exact) mass is 361 g/mol. The first-order chi connectivity index (χ1) is 13.2. The predicted molar refractivity (Wildman–Crippen MR) is 110 cm³/mol. The Kier molecular flexibility index (Phi) is 5.26. The predicted octanol–water partition coefficient (Wildman–Crippen LogP) is 3.38. The average Bonchev–Trinajstić information content (AvgIpc) is 2.68. The Morgan fingerprint density at radius 2 is 1.63 bits per heavy atom. The van der Waals surface area contributed by atoms with Crippen molar-refractivity contribution in [1.82, 2.24) is 9.80 Å². The summed E-state index contributed by atoms with van der Waals surface area (Å²) < 4.78 is 0. The molecule has 2 heterocycles. The van der Waals surface area contributed by atoms with Crippen LogP contribution in [-0.4, -0.2) is 48.4 Å². The van der Waals surface area contributed by atoms with Crippen molar-refractivity contribution in [3.8, 4) is 0 Å². The third-order valence-corrected chi connectivity index (χ3v) is 5.57. The smallest absolute Gasteiger partial charge is 0.253 e. The van der Waals surface area contributed by atoms with E-state index in [4.69, 9.17) is 5.73 Å². The number of benzene rings is 2. The number of hydrogen-bond acceptors (Lipinski definition) is 3. The summed E-state index contributed by atoms with van der Waals surface area (Å²) in [5, 5.41) is 0. The van der Waals surface area contributed by atoms with Gasteiger partial charge in [0.2, 0.25) is 0 Å². The highest BCUT2D eigenvalue weighted by Crippen LogP contribution is 2.29. The minimum atomic E-state index is 0.141. The molecule has 1 amide bonds. The van der Waals surface area contributed by atoms with E-state index < -0.39 is 0 Å². The van der Waals surface area contributed by atoms with Crippen LogP contribution in [0.25, 0.3) is 6.08 Å². The molecule has 2 saturated heterocycles. The maximum Gasteiger partial charge on any atom is 0.253 e. The van der Waals surface area contributed by atoms with Crippen molar-refractivity contribution in [2.24, 2.45) is 11.8 Å². The highest BCUT2D eigenvalue weighted by atomic mass is 16.2. The van der Waals surface area contributed by atoms with Gasteiger partial charge in [0, 0.05) is 44.0 Å². The molecule has 0 aliphatic carbocycles. The standard InChI is InChI=1S/C23H27N3O/c24-22-10-8-21(9-11-22)23(27)26-16-19-13-20(17-26)15-25(14-19)12-4-7-18-5-2-1-3-6-18/h1-11,19-20H,12-17,24H2. The molecule has 2 unspecified atom stereocenters. The van der Waals surface area contributed by atoms with E-state index in [0.29, 0.717) is 17.5 Å². The van der Waals surface area contributed by atoms with Gasteiger partial charge in [0.1, 0.15) is 0 Å². The van der Waals surface area contributed by atoms with Crippen LogP contribution in [0.15, 0.2) is 60.7 Å². The van der Waals surface area contributed by atoms with E-state index in [0.717, 1.165) is 38.3 Å². The van der Waals surface area contributed by atoms with Crippen LogP contribution in [0.2, 0.25) is 0 Å². The third kappa shape index (κ3) is 4.40. The number of nitrogen functional groups attached to an aromatic ring is 1. The molecule has 2 N–H and O–H groups in total. The van der Waals surface area contributed by atoms with Gasteiger partial charge in [-0.3, -0.25) is 9.69 Å². The second-order valence-electron chi connectivity index (χ2n) is 7.83. The molecule has 2 aromatic carbocycles. The number of fused-ring (bicyclic) bond motifs is 2. The summed E-state index contributed by atoms with van der Waals surface area (Å²) in [5.74, 6) is 1.28. The molecule has 4 nitrogen and oxygen atoms in total.